The summed E-state index contributed by atoms with van der Waals surface area (Å²) >= 11 is 1.43. The van der Waals surface area contributed by atoms with Crippen LogP contribution in [0.4, 0.5) is 17.1 Å². The van der Waals surface area contributed by atoms with Crippen LogP contribution in [-0.2, 0) is 6.54 Å². The van der Waals surface area contributed by atoms with E-state index in [9.17, 15) is 4.79 Å². The second-order valence-electron chi connectivity index (χ2n) is 7.16. The average Bonchev–Trinajstić information content (AvgIpc) is 3.08. The highest BCUT2D eigenvalue weighted by Crippen LogP contribution is 2.24. The Morgan fingerprint density at radius 1 is 1.07 bits per heavy atom. The van der Waals surface area contributed by atoms with Crippen molar-refractivity contribution in [3.63, 3.8) is 0 Å². The van der Waals surface area contributed by atoms with Gasteiger partial charge in [-0.1, -0.05) is 29.5 Å². The van der Waals surface area contributed by atoms with Gasteiger partial charge in [-0.15, -0.1) is 0 Å². The van der Waals surface area contributed by atoms with Crippen LogP contribution >= 0.6 is 11.3 Å². The Bertz CT molecular complexity index is 1170. The molecule has 2 heterocycles. The van der Waals surface area contributed by atoms with Gasteiger partial charge >= 0.3 is 0 Å². The molecule has 0 aliphatic carbocycles. The summed E-state index contributed by atoms with van der Waals surface area (Å²) in [6.45, 7) is 6.71. The second kappa shape index (κ2) is 8.05. The van der Waals surface area contributed by atoms with E-state index in [-0.39, 0.29) is 11.6 Å². The topological polar surface area (TPSA) is 62.5 Å². The van der Waals surface area contributed by atoms with Gasteiger partial charge in [-0.05, 0) is 57.2 Å². The van der Waals surface area contributed by atoms with Gasteiger partial charge in [-0.3, -0.25) is 4.79 Å². The zero-order valence-electron chi connectivity index (χ0n) is 16.7. The van der Waals surface area contributed by atoms with E-state index in [1.807, 2.05) is 37.3 Å². The number of hydrogen-bond acceptors (Lipinski definition) is 6. The van der Waals surface area contributed by atoms with Crippen molar-refractivity contribution in [3.05, 3.63) is 81.7 Å². The summed E-state index contributed by atoms with van der Waals surface area (Å²) in [7, 11) is 0. The monoisotopic (exact) mass is 405 g/mol. The van der Waals surface area contributed by atoms with E-state index in [0.717, 1.165) is 27.8 Å². The molecule has 29 heavy (non-hydrogen) atoms. The minimum absolute atomic E-state index is 0.138. The van der Waals surface area contributed by atoms with Crippen molar-refractivity contribution in [2.75, 3.05) is 10.2 Å². The van der Waals surface area contributed by atoms with Crippen LogP contribution in [0.2, 0.25) is 0 Å². The van der Waals surface area contributed by atoms with Crippen molar-refractivity contribution >= 4 is 33.4 Å². The molecule has 7 heteroatoms. The highest BCUT2D eigenvalue weighted by atomic mass is 32.1. The molecule has 0 amide bonds. The normalized spacial score (nSPS) is 11.2. The fourth-order valence-corrected chi connectivity index (χ4v) is 3.97. The molecule has 6 nitrogen and oxygen atoms in total. The van der Waals surface area contributed by atoms with Gasteiger partial charge in [0.05, 0.1) is 12.2 Å². The van der Waals surface area contributed by atoms with E-state index in [4.69, 9.17) is 0 Å². The number of nitrogens with zero attached hydrogens (tertiary/aromatic N) is 4. The number of nitrogens with one attached hydrogen (secondary N) is 1. The Hall–Kier alpha value is -3.19. The summed E-state index contributed by atoms with van der Waals surface area (Å²) in [4.78, 5) is 19.9. The van der Waals surface area contributed by atoms with Crippen molar-refractivity contribution in [2.24, 2.45) is 0 Å². The Balaban J connectivity index is 1.57. The third kappa shape index (κ3) is 4.30. The lowest BCUT2D eigenvalue weighted by Gasteiger charge is -2.29. The van der Waals surface area contributed by atoms with E-state index < -0.39 is 0 Å². The Labute approximate surface area is 173 Å². The molecule has 148 valence electrons. The standard InChI is InChI=1S/C22H23N5OS/c1-15(2)26(14-19-13-21(28)27-22(24-19)29-16(3)25-27)20-11-9-18(10-12-20)23-17-7-5-4-6-8-17/h4-13,15,23H,14H2,1-3H3. The quantitative estimate of drug-likeness (QED) is 0.507. The summed E-state index contributed by atoms with van der Waals surface area (Å²) in [6.07, 6.45) is 0. The Kier molecular flexibility index (Phi) is 5.31. The van der Waals surface area contributed by atoms with E-state index in [2.05, 4.69) is 58.4 Å². The van der Waals surface area contributed by atoms with Crippen LogP contribution in [0.25, 0.3) is 4.96 Å². The predicted octanol–water partition coefficient (Wildman–Crippen LogP) is 4.62. The maximum atomic E-state index is 12.4. The first-order valence-corrected chi connectivity index (χ1v) is 10.4. The van der Waals surface area contributed by atoms with Gasteiger partial charge in [0.2, 0.25) is 4.96 Å². The first-order valence-electron chi connectivity index (χ1n) is 9.55. The maximum absolute atomic E-state index is 12.4. The number of aryl methyl sites for hydroxylation is 1. The van der Waals surface area contributed by atoms with E-state index >= 15 is 0 Å². The summed E-state index contributed by atoms with van der Waals surface area (Å²) in [5, 5.41) is 8.44. The first kappa shape index (κ1) is 19.1. The number of hydrogen-bond donors (Lipinski definition) is 1. The van der Waals surface area contributed by atoms with Crippen LogP contribution in [-0.4, -0.2) is 20.6 Å². The molecule has 0 unspecified atom stereocenters. The van der Waals surface area contributed by atoms with Gasteiger partial charge in [0.25, 0.3) is 5.56 Å². The van der Waals surface area contributed by atoms with Crippen molar-refractivity contribution in [2.45, 2.75) is 33.4 Å². The molecule has 4 rings (SSSR count). The van der Waals surface area contributed by atoms with E-state index in [1.54, 1.807) is 6.07 Å². The molecule has 0 atom stereocenters. The number of para-hydroxylation sites is 1. The largest absolute Gasteiger partial charge is 0.363 e. The molecule has 1 N–H and O–H groups in total. The predicted molar refractivity (Wildman–Crippen MR) is 119 cm³/mol. The molecule has 0 spiro atoms. The summed E-state index contributed by atoms with van der Waals surface area (Å²) in [5.74, 6) is 0. The van der Waals surface area contributed by atoms with Crippen LogP contribution in [0.5, 0.6) is 0 Å². The smallest absolute Gasteiger partial charge is 0.275 e. The second-order valence-corrected chi connectivity index (χ2v) is 8.32. The summed E-state index contributed by atoms with van der Waals surface area (Å²) in [5.41, 5.74) is 3.78. The van der Waals surface area contributed by atoms with Gasteiger partial charge < -0.3 is 10.2 Å². The fourth-order valence-electron chi connectivity index (χ4n) is 3.20. The van der Waals surface area contributed by atoms with E-state index in [0.29, 0.717) is 11.5 Å². The Morgan fingerprint density at radius 3 is 2.45 bits per heavy atom. The number of anilines is 3. The molecular weight excluding hydrogens is 382 g/mol. The van der Waals surface area contributed by atoms with Crippen LogP contribution in [0, 0.1) is 6.92 Å². The SMILES string of the molecule is Cc1nn2c(=O)cc(CN(c3ccc(Nc4ccccc4)cc3)C(C)C)nc2s1. The van der Waals surface area contributed by atoms with Crippen molar-refractivity contribution < 1.29 is 0 Å². The lowest BCUT2D eigenvalue weighted by Crippen LogP contribution is -2.31. The van der Waals surface area contributed by atoms with Gasteiger partial charge in [0.1, 0.15) is 5.01 Å². The molecule has 0 fully saturated rings. The van der Waals surface area contributed by atoms with Crippen molar-refractivity contribution in [3.8, 4) is 0 Å². The van der Waals surface area contributed by atoms with Crippen LogP contribution < -0.4 is 15.8 Å². The first-order chi connectivity index (χ1) is 14.0. The molecule has 0 saturated carbocycles. The average molecular weight is 406 g/mol. The molecule has 0 saturated heterocycles. The number of benzene rings is 2. The zero-order valence-corrected chi connectivity index (χ0v) is 17.5. The molecular formula is C22H23N5OS. The third-order valence-corrected chi connectivity index (χ3v) is 5.44. The minimum Gasteiger partial charge on any atom is -0.363 e. The molecule has 2 aromatic heterocycles. The van der Waals surface area contributed by atoms with Gasteiger partial charge in [-0.2, -0.15) is 9.61 Å². The summed E-state index contributed by atoms with van der Waals surface area (Å²) in [6, 6.07) is 20.2. The number of rotatable bonds is 6. The highest BCUT2D eigenvalue weighted by Gasteiger charge is 2.14. The number of fused-ring (bicyclic) bond motifs is 1. The van der Waals surface area contributed by atoms with Gasteiger partial charge in [0, 0.05) is 29.2 Å². The van der Waals surface area contributed by atoms with Crippen molar-refractivity contribution in [1.29, 1.82) is 0 Å². The van der Waals surface area contributed by atoms with Gasteiger partial charge in [-0.25, -0.2) is 4.98 Å². The minimum atomic E-state index is -0.138. The summed E-state index contributed by atoms with van der Waals surface area (Å²) < 4.78 is 1.37. The fraction of sp³-hybridized carbons (Fsp3) is 0.227. The van der Waals surface area contributed by atoms with Gasteiger partial charge in [0.15, 0.2) is 0 Å². The number of aromatic nitrogens is 3. The molecule has 2 aromatic carbocycles. The molecule has 0 aliphatic heterocycles. The molecule has 0 aliphatic rings. The maximum Gasteiger partial charge on any atom is 0.275 e. The molecule has 0 bridgehead atoms. The Morgan fingerprint density at radius 2 is 1.76 bits per heavy atom. The third-order valence-electron chi connectivity index (χ3n) is 4.62. The van der Waals surface area contributed by atoms with Crippen LogP contribution in [0.1, 0.15) is 24.5 Å². The lowest BCUT2D eigenvalue weighted by atomic mass is 10.2. The lowest BCUT2D eigenvalue weighted by molar-refractivity contribution is 0.672. The zero-order chi connectivity index (χ0) is 20.4. The highest BCUT2D eigenvalue weighted by molar-refractivity contribution is 7.16. The van der Waals surface area contributed by atoms with Crippen molar-refractivity contribution in [1.82, 2.24) is 14.6 Å². The van der Waals surface area contributed by atoms with Crippen LogP contribution in [0.15, 0.2) is 65.5 Å². The molecule has 0 radical (unpaired) electrons. The van der Waals surface area contributed by atoms with E-state index in [1.165, 1.54) is 15.9 Å². The van der Waals surface area contributed by atoms with Crippen LogP contribution in [0.3, 0.4) is 0 Å². The molecule has 4 aromatic rings.